The van der Waals surface area contributed by atoms with E-state index in [2.05, 4.69) is 16.9 Å². The summed E-state index contributed by atoms with van der Waals surface area (Å²) in [6.07, 6.45) is -2.69. The minimum atomic E-state index is -5.65. The summed E-state index contributed by atoms with van der Waals surface area (Å²) >= 11 is 0. The van der Waals surface area contributed by atoms with Crippen molar-refractivity contribution in [2.45, 2.75) is 25.6 Å². The first-order valence-corrected chi connectivity index (χ1v) is 10.7. The third kappa shape index (κ3) is 5.57. The lowest BCUT2D eigenvalue weighted by molar-refractivity contribution is -0.698. The highest BCUT2D eigenvalue weighted by Crippen LogP contribution is 2.35. The number of pyridine rings is 1. The van der Waals surface area contributed by atoms with Gasteiger partial charge >= 0.3 is 18.1 Å². The van der Waals surface area contributed by atoms with Crippen LogP contribution in [0.1, 0.15) is 15.9 Å². The lowest BCUT2D eigenvalue weighted by Gasteiger charge is -2.18. The summed E-state index contributed by atoms with van der Waals surface area (Å²) in [7, 11) is 0. The first-order chi connectivity index (χ1) is 16.5. The van der Waals surface area contributed by atoms with Crippen molar-refractivity contribution in [2.24, 2.45) is 0 Å². The van der Waals surface area contributed by atoms with E-state index in [0.29, 0.717) is 5.75 Å². The first kappa shape index (κ1) is 24.5. The van der Waals surface area contributed by atoms with E-state index in [4.69, 9.17) is 4.74 Å². The topological polar surface area (TPSA) is 39.4 Å². The molecule has 4 nitrogen and oxygen atoms in total. The van der Waals surface area contributed by atoms with Gasteiger partial charge in [-0.1, -0.05) is 42.0 Å². The monoisotopic (exact) mass is 490 g/mol. The number of ether oxygens (including phenoxy) is 2. The van der Waals surface area contributed by atoms with Crippen LogP contribution in [0.5, 0.6) is 5.75 Å². The molecule has 0 saturated heterocycles. The number of hydrogen-bond acceptors (Lipinski definition) is 3. The van der Waals surface area contributed by atoms with Crippen molar-refractivity contribution in [3.8, 4) is 5.75 Å². The van der Waals surface area contributed by atoms with Gasteiger partial charge < -0.3 is 9.47 Å². The fourth-order valence-corrected chi connectivity index (χ4v) is 3.59. The van der Waals surface area contributed by atoms with Crippen LogP contribution in [0.4, 0.5) is 22.0 Å². The van der Waals surface area contributed by atoms with E-state index in [9.17, 15) is 26.7 Å². The number of aryl methyl sites for hydroxylation is 1. The molecule has 0 spiro atoms. The SMILES string of the molecule is Cc1ccc2c(ccc3cc(OC(=O)c4cc[n+](CCOCC(F)(F)C(F)(F)F)cc4)ccc32)c1. The number of fused-ring (bicyclic) bond motifs is 3. The van der Waals surface area contributed by atoms with E-state index >= 15 is 0 Å². The molecule has 182 valence electrons. The van der Waals surface area contributed by atoms with Crippen LogP contribution in [-0.4, -0.2) is 31.3 Å². The molecular weight excluding hydrogens is 469 g/mol. The predicted molar refractivity (Wildman–Crippen MR) is 120 cm³/mol. The molecule has 0 amide bonds. The molecule has 1 heterocycles. The molecule has 0 aliphatic carbocycles. The quantitative estimate of drug-likeness (QED) is 0.0794. The Balaban J connectivity index is 1.36. The first-order valence-electron chi connectivity index (χ1n) is 10.7. The van der Waals surface area contributed by atoms with E-state index in [-0.39, 0.29) is 18.7 Å². The summed E-state index contributed by atoms with van der Waals surface area (Å²) in [5.74, 6) is -5.11. The van der Waals surface area contributed by atoms with Gasteiger partial charge in [-0.25, -0.2) is 9.36 Å². The number of nitrogens with zero attached hydrogens (tertiary/aromatic N) is 1. The second-order valence-corrected chi connectivity index (χ2v) is 8.14. The smallest absolute Gasteiger partial charge is 0.423 e. The summed E-state index contributed by atoms with van der Waals surface area (Å²) in [4.78, 5) is 12.5. The number of aromatic nitrogens is 1. The van der Waals surface area contributed by atoms with Gasteiger partial charge in [0.05, 0.1) is 5.56 Å². The average Bonchev–Trinajstić information content (AvgIpc) is 2.81. The Kier molecular flexibility index (Phi) is 6.71. The molecule has 0 radical (unpaired) electrons. The lowest BCUT2D eigenvalue weighted by Crippen LogP contribution is -2.42. The third-order valence-corrected chi connectivity index (χ3v) is 5.49. The second-order valence-electron chi connectivity index (χ2n) is 8.14. The minimum Gasteiger partial charge on any atom is -0.423 e. The van der Waals surface area contributed by atoms with Crippen LogP contribution in [0.2, 0.25) is 0 Å². The lowest BCUT2D eigenvalue weighted by atomic mass is 10.0. The van der Waals surface area contributed by atoms with Gasteiger partial charge in [0.25, 0.3) is 0 Å². The molecule has 9 heteroatoms. The summed E-state index contributed by atoms with van der Waals surface area (Å²) in [5, 5.41) is 4.19. The summed E-state index contributed by atoms with van der Waals surface area (Å²) in [5.41, 5.74) is 1.42. The number of halogens is 5. The Labute approximate surface area is 197 Å². The molecule has 0 unspecified atom stereocenters. The fraction of sp³-hybridized carbons (Fsp3) is 0.231. The number of carbonyl (C=O) groups excluding carboxylic acids is 1. The molecule has 0 aliphatic heterocycles. The number of esters is 1. The zero-order chi connectivity index (χ0) is 25.2. The normalized spacial score (nSPS) is 12.3. The van der Waals surface area contributed by atoms with Crippen LogP contribution in [0.25, 0.3) is 21.5 Å². The zero-order valence-electron chi connectivity index (χ0n) is 18.6. The highest BCUT2D eigenvalue weighted by molar-refractivity contribution is 6.08. The molecule has 4 rings (SSSR count). The Morgan fingerprint density at radius 1 is 0.857 bits per heavy atom. The van der Waals surface area contributed by atoms with E-state index < -0.39 is 24.7 Å². The largest absolute Gasteiger partial charge is 0.455 e. The number of carbonyl (C=O) groups is 1. The van der Waals surface area contributed by atoms with Gasteiger partial charge in [-0.05, 0) is 40.6 Å². The number of alkyl halides is 5. The fourth-order valence-electron chi connectivity index (χ4n) is 3.59. The van der Waals surface area contributed by atoms with E-state index in [1.807, 2.05) is 31.2 Å². The minimum absolute atomic E-state index is 0.0292. The Hall–Kier alpha value is -3.59. The molecule has 4 aromatic rings. The van der Waals surface area contributed by atoms with Crippen molar-refractivity contribution in [1.29, 1.82) is 0 Å². The maximum absolute atomic E-state index is 12.8. The van der Waals surface area contributed by atoms with Crippen molar-refractivity contribution >= 4 is 27.5 Å². The predicted octanol–water partition coefficient (Wildman–Crippen LogP) is 6.02. The highest BCUT2D eigenvalue weighted by atomic mass is 19.4. The third-order valence-electron chi connectivity index (χ3n) is 5.49. The Morgan fingerprint density at radius 2 is 1.49 bits per heavy atom. The molecule has 0 atom stereocenters. The molecule has 0 aliphatic rings. The zero-order valence-corrected chi connectivity index (χ0v) is 18.6. The number of hydrogen-bond donors (Lipinski definition) is 0. The van der Waals surface area contributed by atoms with E-state index in [1.54, 1.807) is 12.1 Å². The Bertz CT molecular complexity index is 1370. The van der Waals surface area contributed by atoms with Crippen LogP contribution in [0, 0.1) is 6.92 Å². The highest BCUT2D eigenvalue weighted by Gasteiger charge is 2.57. The Morgan fingerprint density at radius 3 is 2.14 bits per heavy atom. The van der Waals surface area contributed by atoms with Gasteiger partial charge in [-0.3, -0.25) is 0 Å². The molecule has 0 saturated carbocycles. The van der Waals surface area contributed by atoms with Crippen LogP contribution >= 0.6 is 0 Å². The van der Waals surface area contributed by atoms with Crippen molar-refractivity contribution in [3.05, 3.63) is 84.2 Å². The summed E-state index contributed by atoms with van der Waals surface area (Å²) < 4.78 is 73.5. The van der Waals surface area contributed by atoms with E-state index in [1.165, 1.54) is 34.7 Å². The standard InChI is InChI=1S/C26H21F5NO3/c1-17-2-6-22-19(14-17)3-4-20-15-21(5-7-23(20)22)35-24(33)18-8-10-32(11-9-18)12-13-34-16-25(27,28)26(29,30)31/h2-11,14-15H,12-13,16H2,1H3/q+1. The van der Waals surface area contributed by atoms with Crippen molar-refractivity contribution < 1.29 is 40.8 Å². The molecule has 0 fully saturated rings. The summed E-state index contributed by atoms with van der Waals surface area (Å²) in [6.45, 7) is -0.0412. The van der Waals surface area contributed by atoms with Gasteiger partial charge in [0, 0.05) is 12.1 Å². The molecule has 0 N–H and O–H groups in total. The van der Waals surface area contributed by atoms with Gasteiger partial charge in [0.15, 0.2) is 18.9 Å². The maximum atomic E-state index is 12.8. The average molecular weight is 490 g/mol. The van der Waals surface area contributed by atoms with Crippen LogP contribution in [-0.2, 0) is 11.3 Å². The van der Waals surface area contributed by atoms with Crippen LogP contribution in [0.3, 0.4) is 0 Å². The van der Waals surface area contributed by atoms with Gasteiger partial charge in [0.2, 0.25) is 0 Å². The van der Waals surface area contributed by atoms with Gasteiger partial charge in [-0.2, -0.15) is 22.0 Å². The van der Waals surface area contributed by atoms with Crippen molar-refractivity contribution in [3.63, 3.8) is 0 Å². The number of benzene rings is 3. The molecular formula is C26H21F5NO3+. The van der Waals surface area contributed by atoms with Crippen LogP contribution < -0.4 is 9.30 Å². The van der Waals surface area contributed by atoms with Crippen LogP contribution in [0.15, 0.2) is 73.1 Å². The molecule has 35 heavy (non-hydrogen) atoms. The van der Waals surface area contributed by atoms with Gasteiger partial charge in [0.1, 0.15) is 19.0 Å². The van der Waals surface area contributed by atoms with Crippen molar-refractivity contribution in [2.75, 3.05) is 13.2 Å². The van der Waals surface area contributed by atoms with Crippen molar-refractivity contribution in [1.82, 2.24) is 0 Å². The second kappa shape index (κ2) is 9.58. The molecule has 1 aromatic heterocycles. The van der Waals surface area contributed by atoms with E-state index in [0.717, 1.165) is 21.5 Å². The summed E-state index contributed by atoms with van der Waals surface area (Å²) in [6, 6.07) is 18.5. The molecule has 3 aromatic carbocycles. The van der Waals surface area contributed by atoms with Gasteiger partial charge in [-0.15, -0.1) is 0 Å². The number of rotatable bonds is 7. The molecule has 0 bridgehead atoms. The maximum Gasteiger partial charge on any atom is 0.455 e.